The third-order valence-electron chi connectivity index (χ3n) is 2.98. The van der Waals surface area contributed by atoms with Gasteiger partial charge < -0.3 is 5.11 Å². The van der Waals surface area contributed by atoms with Gasteiger partial charge in [-0.3, -0.25) is 4.79 Å². The number of aliphatic hydroxyl groups is 1. The minimum absolute atomic E-state index is 0.248. The summed E-state index contributed by atoms with van der Waals surface area (Å²) in [6.45, 7) is 3.93. The van der Waals surface area contributed by atoms with Crippen molar-refractivity contribution in [1.29, 1.82) is 0 Å². The smallest absolute Gasteiger partial charge is 0.191 e. The second kappa shape index (κ2) is 6.12. The van der Waals surface area contributed by atoms with Crippen molar-refractivity contribution in [3.05, 3.63) is 78.4 Å². The van der Waals surface area contributed by atoms with Crippen LogP contribution in [-0.4, -0.2) is 17.0 Å². The first-order valence-corrected chi connectivity index (χ1v) is 6.19. The number of carbonyl (C=O) groups excluding carboxylic acids is 1. The van der Waals surface area contributed by atoms with Gasteiger partial charge in [0, 0.05) is 12.0 Å². The van der Waals surface area contributed by atoms with Crippen LogP contribution < -0.4 is 0 Å². The Bertz CT molecular complexity index is 558. The molecule has 0 unspecified atom stereocenters. The Morgan fingerprint density at radius 3 is 1.95 bits per heavy atom. The molecule has 1 atom stereocenters. The molecule has 2 rings (SSSR count). The van der Waals surface area contributed by atoms with E-state index in [-0.39, 0.29) is 12.2 Å². The molecule has 0 aliphatic carbocycles. The number of carbonyl (C=O) groups is 1. The molecule has 2 nitrogen and oxygen atoms in total. The number of hydrogen-bond acceptors (Lipinski definition) is 2. The Labute approximate surface area is 113 Å². The third kappa shape index (κ3) is 3.39. The van der Waals surface area contributed by atoms with E-state index in [2.05, 4.69) is 6.58 Å². The zero-order valence-electron chi connectivity index (χ0n) is 10.6. The van der Waals surface area contributed by atoms with Gasteiger partial charge in [-0.25, -0.2) is 0 Å². The Balaban J connectivity index is 2.04. The molecule has 2 heteroatoms. The Morgan fingerprint density at radius 1 is 0.947 bits per heavy atom. The highest BCUT2D eigenvalue weighted by Crippen LogP contribution is 2.19. The maximum absolute atomic E-state index is 12.0. The second-order valence-electron chi connectivity index (χ2n) is 4.42. The first-order chi connectivity index (χ1) is 9.18. The molecule has 0 spiro atoms. The number of aliphatic hydroxyl groups excluding tert-OH is 1. The molecule has 0 saturated heterocycles. The van der Waals surface area contributed by atoms with E-state index in [0.717, 1.165) is 11.1 Å². The molecule has 0 radical (unpaired) electrons. The monoisotopic (exact) mass is 252 g/mol. The van der Waals surface area contributed by atoms with Crippen molar-refractivity contribution < 1.29 is 9.90 Å². The van der Waals surface area contributed by atoms with Crippen molar-refractivity contribution in [1.82, 2.24) is 0 Å². The summed E-state index contributed by atoms with van der Waals surface area (Å²) in [5.41, 5.74) is 2.23. The van der Waals surface area contributed by atoms with Gasteiger partial charge in [-0.15, -0.1) is 0 Å². The summed E-state index contributed by atoms with van der Waals surface area (Å²) in [5.74, 6) is -0.266. The quantitative estimate of drug-likeness (QED) is 0.829. The Hall–Kier alpha value is -2.19. The fourth-order valence-corrected chi connectivity index (χ4v) is 1.91. The molecular formula is C17H16O2. The second-order valence-corrected chi connectivity index (χ2v) is 4.42. The molecule has 2 aromatic carbocycles. The molecule has 19 heavy (non-hydrogen) atoms. The highest BCUT2D eigenvalue weighted by Gasteiger charge is 2.18. The SMILES string of the molecule is C=C(C[C@@H](O)C(=O)c1ccccc1)c1ccccc1. The minimum atomic E-state index is -1.05. The lowest BCUT2D eigenvalue weighted by Gasteiger charge is -2.12. The zero-order chi connectivity index (χ0) is 13.7. The maximum atomic E-state index is 12.0. The Kier molecular flexibility index (Phi) is 4.26. The van der Waals surface area contributed by atoms with E-state index in [9.17, 15) is 9.90 Å². The molecule has 2 aromatic rings. The van der Waals surface area contributed by atoms with E-state index in [1.54, 1.807) is 24.3 Å². The molecule has 0 bridgehead atoms. The average Bonchev–Trinajstić information content (AvgIpc) is 2.48. The predicted octanol–water partition coefficient (Wildman–Crippen LogP) is 3.33. The van der Waals surface area contributed by atoms with Gasteiger partial charge in [-0.05, 0) is 11.1 Å². The standard InChI is InChI=1S/C17H16O2/c1-13(14-8-4-2-5-9-14)12-16(18)17(19)15-10-6-3-7-11-15/h2-11,16,18H,1,12H2/t16-/m1/s1. The van der Waals surface area contributed by atoms with Crippen LogP contribution in [0.1, 0.15) is 22.3 Å². The normalized spacial score (nSPS) is 11.8. The van der Waals surface area contributed by atoms with Gasteiger partial charge in [0.25, 0.3) is 0 Å². The van der Waals surface area contributed by atoms with Crippen molar-refractivity contribution in [3.8, 4) is 0 Å². The fraction of sp³-hybridized carbons (Fsp3) is 0.118. The van der Waals surface area contributed by atoms with Crippen molar-refractivity contribution >= 4 is 11.4 Å². The molecule has 0 heterocycles. The van der Waals surface area contributed by atoms with E-state index in [1.165, 1.54) is 0 Å². The van der Waals surface area contributed by atoms with Crippen LogP contribution in [0.3, 0.4) is 0 Å². The van der Waals surface area contributed by atoms with E-state index in [1.807, 2.05) is 36.4 Å². The summed E-state index contributed by atoms with van der Waals surface area (Å²) in [7, 11) is 0. The Morgan fingerprint density at radius 2 is 1.42 bits per heavy atom. The van der Waals surface area contributed by atoms with Gasteiger partial charge in [0.1, 0.15) is 6.10 Å². The van der Waals surface area contributed by atoms with Gasteiger partial charge >= 0.3 is 0 Å². The van der Waals surface area contributed by atoms with Crippen molar-refractivity contribution in [2.24, 2.45) is 0 Å². The molecule has 0 saturated carbocycles. The predicted molar refractivity (Wildman–Crippen MR) is 76.9 cm³/mol. The number of rotatable bonds is 5. The molecule has 0 aliphatic rings. The van der Waals surface area contributed by atoms with Gasteiger partial charge in [-0.1, -0.05) is 67.2 Å². The lowest BCUT2D eigenvalue weighted by atomic mass is 9.97. The summed E-state index contributed by atoms with van der Waals surface area (Å²) < 4.78 is 0. The highest BCUT2D eigenvalue weighted by atomic mass is 16.3. The summed E-state index contributed by atoms with van der Waals surface area (Å²) in [6.07, 6.45) is -0.798. The zero-order valence-corrected chi connectivity index (χ0v) is 10.6. The third-order valence-corrected chi connectivity index (χ3v) is 2.98. The molecule has 1 N–H and O–H groups in total. The fourth-order valence-electron chi connectivity index (χ4n) is 1.91. The lowest BCUT2D eigenvalue weighted by Crippen LogP contribution is -2.20. The van der Waals surface area contributed by atoms with Crippen LogP contribution in [0.25, 0.3) is 5.57 Å². The topological polar surface area (TPSA) is 37.3 Å². The van der Waals surface area contributed by atoms with E-state index in [0.29, 0.717) is 5.56 Å². The van der Waals surface area contributed by atoms with E-state index < -0.39 is 6.10 Å². The number of Topliss-reactive ketones (excluding diaryl/α,β-unsaturated/α-hetero) is 1. The number of hydrogen-bond donors (Lipinski definition) is 1. The van der Waals surface area contributed by atoms with Gasteiger partial charge in [0.05, 0.1) is 0 Å². The van der Waals surface area contributed by atoms with Crippen LogP contribution in [0.4, 0.5) is 0 Å². The summed E-state index contributed by atoms with van der Waals surface area (Å²) in [6, 6.07) is 18.4. The van der Waals surface area contributed by atoms with E-state index >= 15 is 0 Å². The van der Waals surface area contributed by atoms with E-state index in [4.69, 9.17) is 0 Å². The van der Waals surface area contributed by atoms with Crippen molar-refractivity contribution in [2.75, 3.05) is 0 Å². The molecule has 0 amide bonds. The summed E-state index contributed by atoms with van der Waals surface area (Å²) in [5, 5.41) is 9.99. The summed E-state index contributed by atoms with van der Waals surface area (Å²) >= 11 is 0. The van der Waals surface area contributed by atoms with Crippen molar-refractivity contribution in [3.63, 3.8) is 0 Å². The number of benzene rings is 2. The van der Waals surface area contributed by atoms with Crippen LogP contribution in [0.5, 0.6) is 0 Å². The first kappa shape index (κ1) is 13.2. The highest BCUT2D eigenvalue weighted by molar-refractivity contribution is 6.00. The van der Waals surface area contributed by atoms with Crippen LogP contribution in [-0.2, 0) is 0 Å². The van der Waals surface area contributed by atoms with Crippen LogP contribution in [0.2, 0.25) is 0 Å². The molecule has 0 aromatic heterocycles. The van der Waals surface area contributed by atoms with Crippen LogP contribution in [0, 0.1) is 0 Å². The largest absolute Gasteiger partial charge is 0.385 e. The first-order valence-electron chi connectivity index (χ1n) is 6.19. The summed E-state index contributed by atoms with van der Waals surface area (Å²) in [4.78, 5) is 12.0. The number of ketones is 1. The minimum Gasteiger partial charge on any atom is -0.385 e. The van der Waals surface area contributed by atoms with Crippen LogP contribution in [0.15, 0.2) is 67.2 Å². The molecule has 96 valence electrons. The van der Waals surface area contributed by atoms with Gasteiger partial charge in [-0.2, -0.15) is 0 Å². The van der Waals surface area contributed by atoms with Crippen molar-refractivity contribution in [2.45, 2.75) is 12.5 Å². The molecule has 0 fully saturated rings. The molecular weight excluding hydrogens is 236 g/mol. The lowest BCUT2D eigenvalue weighted by molar-refractivity contribution is 0.0757. The van der Waals surface area contributed by atoms with Gasteiger partial charge in [0.2, 0.25) is 0 Å². The van der Waals surface area contributed by atoms with Crippen LogP contribution >= 0.6 is 0 Å². The van der Waals surface area contributed by atoms with Gasteiger partial charge in [0.15, 0.2) is 5.78 Å². The average molecular weight is 252 g/mol. The molecule has 0 aliphatic heterocycles. The maximum Gasteiger partial charge on any atom is 0.191 e.